The fraction of sp³-hybridized carbons (Fsp3) is 0.269. The van der Waals surface area contributed by atoms with Crippen LogP contribution in [0, 0.1) is 0 Å². The molecule has 0 unspecified atom stereocenters. The number of rotatable bonds is 7. The SMILES string of the molecule is CN(C)c1ccc(C(c2ccc(N(C)C)cc2)c2ccc(N(C)C)cc2C(=O)[O-])cc1. The maximum Gasteiger partial charge on any atom is 0.0719 e. The Labute approximate surface area is 185 Å². The normalized spacial score (nSPS) is 10.8. The molecule has 0 spiro atoms. The topological polar surface area (TPSA) is 49.8 Å². The number of hydrogen-bond acceptors (Lipinski definition) is 5. The van der Waals surface area contributed by atoms with Gasteiger partial charge in [0.1, 0.15) is 0 Å². The van der Waals surface area contributed by atoms with Crippen LogP contribution in [0.4, 0.5) is 17.1 Å². The Bertz CT molecular complexity index is 988. The molecule has 0 atom stereocenters. The first-order valence-electron chi connectivity index (χ1n) is 10.3. The molecular formula is C26H30N3O2-. The molecule has 0 radical (unpaired) electrons. The highest BCUT2D eigenvalue weighted by atomic mass is 16.4. The maximum atomic E-state index is 12.1. The Morgan fingerprint density at radius 3 is 1.39 bits per heavy atom. The average Bonchev–Trinajstić information content (AvgIpc) is 2.74. The maximum absolute atomic E-state index is 12.1. The highest BCUT2D eigenvalue weighted by Crippen LogP contribution is 2.36. The average molecular weight is 417 g/mol. The second kappa shape index (κ2) is 9.13. The van der Waals surface area contributed by atoms with Crippen molar-refractivity contribution in [2.75, 3.05) is 57.0 Å². The first kappa shape index (κ1) is 22.2. The summed E-state index contributed by atoms with van der Waals surface area (Å²) in [5.41, 5.74) is 6.01. The molecule has 5 nitrogen and oxygen atoms in total. The molecule has 0 bridgehead atoms. The zero-order valence-corrected chi connectivity index (χ0v) is 19.1. The van der Waals surface area contributed by atoms with E-state index in [-0.39, 0.29) is 11.5 Å². The van der Waals surface area contributed by atoms with Crippen molar-refractivity contribution in [3.63, 3.8) is 0 Å². The van der Waals surface area contributed by atoms with Crippen LogP contribution in [-0.4, -0.2) is 48.3 Å². The van der Waals surface area contributed by atoms with Crippen LogP contribution in [0.5, 0.6) is 0 Å². The van der Waals surface area contributed by atoms with Gasteiger partial charge in [0.15, 0.2) is 0 Å². The van der Waals surface area contributed by atoms with Gasteiger partial charge in [-0.3, -0.25) is 0 Å². The molecule has 0 N–H and O–H groups in total. The van der Waals surface area contributed by atoms with E-state index in [0.717, 1.165) is 33.8 Å². The largest absolute Gasteiger partial charge is 0.545 e. The van der Waals surface area contributed by atoms with Gasteiger partial charge in [0.05, 0.1) is 5.97 Å². The molecular weight excluding hydrogens is 386 g/mol. The van der Waals surface area contributed by atoms with Crippen molar-refractivity contribution in [1.29, 1.82) is 0 Å². The van der Waals surface area contributed by atoms with E-state index in [9.17, 15) is 9.90 Å². The molecule has 0 aliphatic heterocycles. The van der Waals surface area contributed by atoms with Crippen molar-refractivity contribution in [2.45, 2.75) is 5.92 Å². The molecule has 5 heteroatoms. The summed E-state index contributed by atoms with van der Waals surface area (Å²) < 4.78 is 0. The van der Waals surface area contributed by atoms with E-state index < -0.39 is 5.97 Å². The molecule has 0 aromatic heterocycles. The fourth-order valence-electron chi connectivity index (χ4n) is 3.73. The summed E-state index contributed by atoms with van der Waals surface area (Å²) in [6, 6.07) is 22.1. The van der Waals surface area contributed by atoms with E-state index in [0.29, 0.717) is 0 Å². The lowest BCUT2D eigenvalue weighted by atomic mass is 9.82. The van der Waals surface area contributed by atoms with Crippen molar-refractivity contribution >= 4 is 23.0 Å². The van der Waals surface area contributed by atoms with Crippen LogP contribution < -0.4 is 19.8 Å². The quantitative estimate of drug-likeness (QED) is 0.553. The standard InChI is InChI=1S/C26H31N3O2/c1-27(2)20-11-7-18(8-12-20)25(19-9-13-21(14-10-19)28(3)4)23-16-15-22(29(5)6)17-24(23)26(30)31/h7-17,25H,1-6H3,(H,30,31)/p-1. The number of hydrogen-bond donors (Lipinski definition) is 0. The molecule has 0 heterocycles. The van der Waals surface area contributed by atoms with Gasteiger partial charge in [-0.15, -0.1) is 0 Å². The second-order valence-corrected chi connectivity index (χ2v) is 8.36. The zero-order chi connectivity index (χ0) is 22.7. The Balaban J connectivity index is 2.19. The minimum Gasteiger partial charge on any atom is -0.545 e. The zero-order valence-electron chi connectivity index (χ0n) is 19.1. The Morgan fingerprint density at radius 2 is 1.03 bits per heavy atom. The number of carbonyl (C=O) groups excluding carboxylic acids is 1. The molecule has 3 aromatic rings. The van der Waals surface area contributed by atoms with E-state index in [1.807, 2.05) is 69.1 Å². The third-order valence-corrected chi connectivity index (χ3v) is 5.57. The number of carboxylic acids is 1. The monoisotopic (exact) mass is 416 g/mol. The van der Waals surface area contributed by atoms with Crippen LogP contribution in [0.3, 0.4) is 0 Å². The van der Waals surface area contributed by atoms with Gasteiger partial charge in [-0.2, -0.15) is 0 Å². The summed E-state index contributed by atoms with van der Waals surface area (Å²) in [6.07, 6.45) is 0. The molecule has 162 valence electrons. The number of anilines is 3. The van der Waals surface area contributed by atoms with Crippen LogP contribution in [-0.2, 0) is 0 Å². The van der Waals surface area contributed by atoms with Crippen LogP contribution >= 0.6 is 0 Å². The van der Waals surface area contributed by atoms with E-state index in [1.54, 1.807) is 6.07 Å². The summed E-state index contributed by atoms with van der Waals surface area (Å²) >= 11 is 0. The van der Waals surface area contributed by atoms with Crippen LogP contribution in [0.2, 0.25) is 0 Å². The van der Waals surface area contributed by atoms with Crippen molar-refractivity contribution in [3.8, 4) is 0 Å². The molecule has 0 aliphatic carbocycles. The molecule has 3 rings (SSSR count). The number of nitrogens with zero attached hydrogens (tertiary/aromatic N) is 3. The van der Waals surface area contributed by atoms with Crippen LogP contribution in [0.1, 0.15) is 33.0 Å². The summed E-state index contributed by atoms with van der Waals surface area (Å²) in [4.78, 5) is 18.1. The first-order valence-corrected chi connectivity index (χ1v) is 10.3. The van der Waals surface area contributed by atoms with E-state index in [2.05, 4.69) is 48.5 Å². The van der Waals surface area contributed by atoms with E-state index in [4.69, 9.17) is 0 Å². The molecule has 3 aromatic carbocycles. The van der Waals surface area contributed by atoms with Crippen molar-refractivity contribution < 1.29 is 9.90 Å². The van der Waals surface area contributed by atoms with Gasteiger partial charge in [-0.1, -0.05) is 30.3 Å². The van der Waals surface area contributed by atoms with Gasteiger partial charge in [0.25, 0.3) is 0 Å². The van der Waals surface area contributed by atoms with E-state index in [1.165, 1.54) is 0 Å². The van der Waals surface area contributed by atoms with Gasteiger partial charge in [-0.05, 0) is 53.1 Å². The number of benzene rings is 3. The third-order valence-electron chi connectivity index (χ3n) is 5.57. The fourth-order valence-corrected chi connectivity index (χ4v) is 3.73. The molecule has 0 aliphatic rings. The highest BCUT2D eigenvalue weighted by Gasteiger charge is 2.21. The highest BCUT2D eigenvalue weighted by molar-refractivity contribution is 5.90. The Morgan fingerprint density at radius 1 is 0.645 bits per heavy atom. The van der Waals surface area contributed by atoms with Gasteiger partial charge in [-0.25, -0.2) is 0 Å². The molecule has 0 amide bonds. The van der Waals surface area contributed by atoms with Gasteiger partial charge in [0.2, 0.25) is 0 Å². The second-order valence-electron chi connectivity index (χ2n) is 8.36. The lowest BCUT2D eigenvalue weighted by Gasteiger charge is -2.25. The summed E-state index contributed by atoms with van der Waals surface area (Å²) in [7, 11) is 11.8. The predicted octanol–water partition coefficient (Wildman–Crippen LogP) is 3.43. The smallest absolute Gasteiger partial charge is 0.0719 e. The Kier molecular flexibility index (Phi) is 6.54. The number of aromatic carboxylic acids is 1. The van der Waals surface area contributed by atoms with Crippen molar-refractivity contribution in [3.05, 3.63) is 89.0 Å². The van der Waals surface area contributed by atoms with Crippen molar-refractivity contribution in [1.82, 2.24) is 0 Å². The van der Waals surface area contributed by atoms with Crippen LogP contribution in [0.15, 0.2) is 66.7 Å². The molecule has 0 saturated carbocycles. The number of carbonyl (C=O) groups is 1. The number of carboxylic acid groups (broad SMARTS) is 1. The lowest BCUT2D eigenvalue weighted by Crippen LogP contribution is -2.25. The molecule has 0 fully saturated rings. The summed E-state index contributed by atoms with van der Waals surface area (Å²) in [5.74, 6) is -1.39. The van der Waals surface area contributed by atoms with Crippen LogP contribution in [0.25, 0.3) is 0 Å². The first-order chi connectivity index (χ1) is 14.7. The predicted molar refractivity (Wildman–Crippen MR) is 128 cm³/mol. The minimum absolute atomic E-state index is 0.213. The molecule has 0 saturated heterocycles. The van der Waals surface area contributed by atoms with E-state index >= 15 is 0 Å². The Hall–Kier alpha value is -3.47. The van der Waals surface area contributed by atoms with Crippen molar-refractivity contribution in [2.24, 2.45) is 0 Å². The summed E-state index contributed by atoms with van der Waals surface area (Å²) in [6.45, 7) is 0. The lowest BCUT2D eigenvalue weighted by molar-refractivity contribution is -0.255. The minimum atomic E-state index is -1.17. The summed E-state index contributed by atoms with van der Waals surface area (Å²) in [5, 5.41) is 12.1. The van der Waals surface area contributed by atoms with Gasteiger partial charge >= 0.3 is 0 Å². The van der Waals surface area contributed by atoms with Gasteiger partial charge in [0, 0.05) is 70.8 Å². The van der Waals surface area contributed by atoms with Gasteiger partial charge < -0.3 is 24.6 Å². The third kappa shape index (κ3) is 4.82. The molecule has 31 heavy (non-hydrogen) atoms.